The van der Waals surface area contributed by atoms with Crippen molar-refractivity contribution >= 4 is 5.91 Å². The summed E-state index contributed by atoms with van der Waals surface area (Å²) >= 11 is 0. The number of aliphatic hydroxyl groups is 1. The van der Waals surface area contributed by atoms with Gasteiger partial charge in [-0.2, -0.15) is 5.10 Å². The fourth-order valence-electron chi connectivity index (χ4n) is 2.78. The first-order valence-electron chi connectivity index (χ1n) is 8.10. The lowest BCUT2D eigenvalue weighted by Gasteiger charge is -2.28. The van der Waals surface area contributed by atoms with E-state index in [-0.39, 0.29) is 18.6 Å². The van der Waals surface area contributed by atoms with E-state index in [1.807, 2.05) is 30.3 Å². The largest absolute Gasteiger partial charge is 0.396 e. The van der Waals surface area contributed by atoms with Gasteiger partial charge in [0, 0.05) is 26.0 Å². The molecule has 25 heavy (non-hydrogen) atoms. The molecule has 3 aromatic rings. The Balaban J connectivity index is 1.87. The molecular weight excluding hydrogens is 316 g/mol. The van der Waals surface area contributed by atoms with Crippen LogP contribution in [0.1, 0.15) is 28.5 Å². The van der Waals surface area contributed by atoms with Gasteiger partial charge in [0.15, 0.2) is 5.82 Å². The highest BCUT2D eigenvalue weighted by Gasteiger charge is 2.23. The second-order valence-corrected chi connectivity index (χ2v) is 5.69. The van der Waals surface area contributed by atoms with Gasteiger partial charge in [-0.15, -0.1) is 0 Å². The van der Waals surface area contributed by atoms with Gasteiger partial charge in [0.05, 0.1) is 6.04 Å². The Labute approximate surface area is 146 Å². The molecule has 0 bridgehead atoms. The van der Waals surface area contributed by atoms with Gasteiger partial charge in [-0.05, 0) is 30.2 Å². The number of pyridine rings is 1. The molecule has 0 aliphatic rings. The van der Waals surface area contributed by atoms with Crippen molar-refractivity contribution in [3.63, 3.8) is 0 Å². The molecule has 1 amide bonds. The summed E-state index contributed by atoms with van der Waals surface area (Å²) in [5.74, 6) is 0.388. The number of rotatable bonds is 6. The molecule has 1 unspecified atom stereocenters. The third-order valence-corrected chi connectivity index (χ3v) is 4.07. The van der Waals surface area contributed by atoms with Crippen LogP contribution in [0.2, 0.25) is 0 Å². The zero-order chi connectivity index (χ0) is 17.6. The topological polar surface area (TPSA) is 71.2 Å². The molecule has 0 fully saturated rings. The lowest BCUT2D eigenvalue weighted by atomic mass is 10.0. The normalized spacial score (nSPS) is 11.9. The van der Waals surface area contributed by atoms with Gasteiger partial charge in [0.25, 0.3) is 5.91 Å². The molecule has 3 rings (SSSR count). The number of aliphatic hydroxyl groups excluding tert-OH is 1. The van der Waals surface area contributed by atoms with Crippen LogP contribution in [0.25, 0.3) is 5.82 Å². The van der Waals surface area contributed by atoms with Crippen LogP contribution in [0.3, 0.4) is 0 Å². The van der Waals surface area contributed by atoms with Gasteiger partial charge in [-0.1, -0.05) is 36.4 Å². The number of carbonyl (C=O) groups is 1. The van der Waals surface area contributed by atoms with Crippen LogP contribution in [0.15, 0.2) is 67.0 Å². The number of hydrogen-bond acceptors (Lipinski definition) is 4. The van der Waals surface area contributed by atoms with Gasteiger partial charge in [0.1, 0.15) is 5.69 Å². The van der Waals surface area contributed by atoms with Gasteiger partial charge in [-0.25, -0.2) is 9.67 Å². The van der Waals surface area contributed by atoms with E-state index in [0.717, 1.165) is 5.56 Å². The molecule has 1 N–H and O–H groups in total. The first-order valence-corrected chi connectivity index (χ1v) is 8.10. The quantitative estimate of drug-likeness (QED) is 0.751. The van der Waals surface area contributed by atoms with Gasteiger partial charge >= 0.3 is 0 Å². The number of carbonyl (C=O) groups excluding carboxylic acids is 1. The molecule has 0 aliphatic heterocycles. The third kappa shape index (κ3) is 3.75. The van der Waals surface area contributed by atoms with Crippen LogP contribution in [-0.2, 0) is 0 Å². The molecule has 2 aromatic heterocycles. The van der Waals surface area contributed by atoms with E-state index in [4.69, 9.17) is 0 Å². The zero-order valence-electron chi connectivity index (χ0n) is 14.0. The van der Waals surface area contributed by atoms with E-state index in [1.54, 1.807) is 53.3 Å². The Hall–Kier alpha value is -2.99. The minimum absolute atomic E-state index is 0.00205. The summed E-state index contributed by atoms with van der Waals surface area (Å²) in [5.41, 5.74) is 1.32. The van der Waals surface area contributed by atoms with Crippen molar-refractivity contribution in [3.8, 4) is 5.82 Å². The maximum atomic E-state index is 12.9. The van der Waals surface area contributed by atoms with E-state index in [2.05, 4.69) is 10.1 Å². The second kappa shape index (κ2) is 7.72. The van der Waals surface area contributed by atoms with E-state index in [1.165, 1.54) is 0 Å². The van der Waals surface area contributed by atoms with Crippen LogP contribution >= 0.6 is 0 Å². The van der Waals surface area contributed by atoms with E-state index < -0.39 is 0 Å². The van der Waals surface area contributed by atoms with Gasteiger partial charge in [0.2, 0.25) is 0 Å². The highest BCUT2D eigenvalue weighted by atomic mass is 16.3. The molecule has 0 spiro atoms. The van der Waals surface area contributed by atoms with Crippen molar-refractivity contribution in [1.82, 2.24) is 19.7 Å². The highest BCUT2D eigenvalue weighted by molar-refractivity contribution is 5.92. The Kier molecular flexibility index (Phi) is 5.20. The molecule has 0 saturated carbocycles. The van der Waals surface area contributed by atoms with Crippen molar-refractivity contribution in [2.45, 2.75) is 12.5 Å². The summed E-state index contributed by atoms with van der Waals surface area (Å²) in [5, 5.41) is 13.5. The monoisotopic (exact) mass is 336 g/mol. The molecule has 0 aliphatic carbocycles. The first kappa shape index (κ1) is 16.9. The molecule has 1 atom stereocenters. The minimum atomic E-state index is -0.214. The molecule has 6 heteroatoms. The minimum Gasteiger partial charge on any atom is -0.396 e. The van der Waals surface area contributed by atoms with E-state index in [0.29, 0.717) is 17.9 Å². The van der Waals surface area contributed by atoms with Gasteiger partial charge < -0.3 is 10.0 Å². The molecule has 128 valence electrons. The fourth-order valence-corrected chi connectivity index (χ4v) is 2.78. The van der Waals surface area contributed by atoms with Crippen molar-refractivity contribution in [2.75, 3.05) is 13.7 Å². The fraction of sp³-hybridized carbons (Fsp3) is 0.211. The number of nitrogens with zero attached hydrogens (tertiary/aromatic N) is 4. The van der Waals surface area contributed by atoms with Crippen LogP contribution in [-0.4, -0.2) is 44.3 Å². The van der Waals surface area contributed by atoms with Crippen molar-refractivity contribution in [3.05, 3.63) is 78.2 Å². The lowest BCUT2D eigenvalue weighted by Crippen LogP contribution is -2.32. The second-order valence-electron chi connectivity index (χ2n) is 5.69. The van der Waals surface area contributed by atoms with Crippen LogP contribution in [0, 0.1) is 0 Å². The highest BCUT2D eigenvalue weighted by Crippen LogP contribution is 2.24. The van der Waals surface area contributed by atoms with Crippen LogP contribution in [0.4, 0.5) is 0 Å². The summed E-state index contributed by atoms with van der Waals surface area (Å²) in [4.78, 5) is 19.0. The van der Waals surface area contributed by atoms with Crippen LogP contribution < -0.4 is 0 Å². The van der Waals surface area contributed by atoms with E-state index in [9.17, 15) is 9.90 Å². The number of hydrogen-bond donors (Lipinski definition) is 1. The first-order chi connectivity index (χ1) is 12.2. The Bertz CT molecular complexity index is 818. The van der Waals surface area contributed by atoms with Crippen molar-refractivity contribution < 1.29 is 9.90 Å². The standard InChI is InChI=1S/C19H20N4O2/c1-22(17(11-14-24)15-7-3-2-4-8-15)19(25)16-9-5-10-18(21-16)23-13-6-12-20-23/h2-10,12-13,17,24H,11,14H2,1H3. The predicted molar refractivity (Wildman–Crippen MR) is 94.3 cm³/mol. The molecular formula is C19H20N4O2. The molecule has 0 saturated heterocycles. The maximum absolute atomic E-state index is 12.9. The van der Waals surface area contributed by atoms with E-state index >= 15 is 0 Å². The molecule has 0 radical (unpaired) electrons. The van der Waals surface area contributed by atoms with Crippen molar-refractivity contribution in [1.29, 1.82) is 0 Å². The average molecular weight is 336 g/mol. The number of aromatic nitrogens is 3. The smallest absolute Gasteiger partial charge is 0.272 e. The lowest BCUT2D eigenvalue weighted by molar-refractivity contribution is 0.0699. The molecule has 1 aromatic carbocycles. The summed E-state index contributed by atoms with van der Waals surface area (Å²) < 4.78 is 1.61. The Morgan fingerprint density at radius 2 is 1.96 bits per heavy atom. The Morgan fingerprint density at radius 3 is 2.64 bits per heavy atom. The number of amides is 1. The predicted octanol–water partition coefficient (Wildman–Crippen LogP) is 2.46. The summed E-state index contributed by atoms with van der Waals surface area (Å²) in [6.45, 7) is -0.00205. The summed E-state index contributed by atoms with van der Waals surface area (Å²) in [6.07, 6.45) is 3.90. The summed E-state index contributed by atoms with van der Waals surface area (Å²) in [7, 11) is 1.73. The summed E-state index contributed by atoms with van der Waals surface area (Å²) in [6, 6.07) is 16.5. The van der Waals surface area contributed by atoms with Crippen LogP contribution in [0.5, 0.6) is 0 Å². The Morgan fingerprint density at radius 1 is 1.16 bits per heavy atom. The van der Waals surface area contributed by atoms with Crippen molar-refractivity contribution in [2.24, 2.45) is 0 Å². The zero-order valence-corrected chi connectivity index (χ0v) is 14.0. The van der Waals surface area contributed by atoms with Gasteiger partial charge in [-0.3, -0.25) is 4.79 Å². The molecule has 2 heterocycles. The maximum Gasteiger partial charge on any atom is 0.272 e. The number of benzene rings is 1. The third-order valence-electron chi connectivity index (χ3n) is 4.07. The average Bonchev–Trinajstić information content (AvgIpc) is 3.20. The molecule has 6 nitrogen and oxygen atoms in total. The SMILES string of the molecule is CN(C(=O)c1cccc(-n2cccn2)n1)C(CCO)c1ccccc1.